The number of nitrogens with two attached hydrogens (primary N) is 1. The monoisotopic (exact) mass is 316 g/mol. The summed E-state index contributed by atoms with van der Waals surface area (Å²) < 4.78 is 39.9. The quantitative estimate of drug-likeness (QED) is 0.666. The van der Waals surface area contributed by atoms with E-state index in [0.29, 0.717) is 0 Å². The lowest BCUT2D eigenvalue weighted by molar-refractivity contribution is 0.599. The van der Waals surface area contributed by atoms with Crippen LogP contribution in [0.1, 0.15) is 5.56 Å². The second-order valence-corrected chi connectivity index (χ2v) is 5.98. The summed E-state index contributed by atoms with van der Waals surface area (Å²) in [5.41, 5.74) is 5.31. The van der Waals surface area contributed by atoms with Crippen molar-refractivity contribution in [3.63, 3.8) is 0 Å². The average Bonchev–Trinajstić information content (AvgIpc) is 2.34. The number of nitrogens with zero attached hydrogens (tertiary/aromatic N) is 2. The van der Waals surface area contributed by atoms with Crippen LogP contribution in [0, 0.1) is 12.7 Å². The summed E-state index contributed by atoms with van der Waals surface area (Å²) >= 11 is 5.56. The van der Waals surface area contributed by atoms with Gasteiger partial charge in [-0.15, -0.1) is 0 Å². The zero-order valence-corrected chi connectivity index (χ0v) is 11.8. The number of rotatable bonds is 3. The Balaban J connectivity index is 2.41. The number of benzene rings is 1. The molecule has 0 radical (unpaired) electrons. The molecule has 1 aromatic carbocycles. The molecule has 1 heterocycles. The van der Waals surface area contributed by atoms with E-state index in [1.54, 1.807) is 0 Å². The summed E-state index contributed by atoms with van der Waals surface area (Å²) in [6, 6.07) is 3.55. The fraction of sp³-hybridized carbons (Fsp3) is 0.0909. The average molecular weight is 317 g/mol. The summed E-state index contributed by atoms with van der Waals surface area (Å²) in [5, 5.41) is -0.0972. The predicted octanol–water partition coefficient (Wildman–Crippen LogP) is 1.96. The third-order valence-electron chi connectivity index (χ3n) is 2.43. The molecule has 0 spiro atoms. The normalized spacial score (nSPS) is 11.3. The molecule has 2 aromatic rings. The summed E-state index contributed by atoms with van der Waals surface area (Å²) in [5.74, 6) is -0.639. The van der Waals surface area contributed by atoms with Crippen molar-refractivity contribution < 1.29 is 12.8 Å². The maximum Gasteiger partial charge on any atom is 0.263 e. The van der Waals surface area contributed by atoms with Crippen molar-refractivity contribution in [2.75, 3.05) is 10.5 Å². The number of halogens is 2. The van der Waals surface area contributed by atoms with Gasteiger partial charge in [-0.2, -0.15) is 4.98 Å². The van der Waals surface area contributed by atoms with Gasteiger partial charge in [-0.3, -0.25) is 4.72 Å². The van der Waals surface area contributed by atoms with Gasteiger partial charge in [0, 0.05) is 6.20 Å². The molecule has 0 aliphatic rings. The van der Waals surface area contributed by atoms with Crippen LogP contribution in [-0.2, 0) is 10.0 Å². The lowest BCUT2D eigenvalue weighted by atomic mass is 10.2. The van der Waals surface area contributed by atoms with Crippen LogP contribution in [0.5, 0.6) is 0 Å². The standard InChI is InChI=1S/C11H10ClFN4O2S/c1-6-4-7(5-8(14)10(6)13)20(18,19)17-9-2-3-15-11(12)16-9/h2-5H,14H2,1H3,(H,15,16,17). The van der Waals surface area contributed by atoms with Crippen molar-refractivity contribution in [2.45, 2.75) is 11.8 Å². The summed E-state index contributed by atoms with van der Waals surface area (Å²) in [6.07, 6.45) is 1.30. The molecule has 9 heteroatoms. The Labute approximate surface area is 119 Å². The Kier molecular flexibility index (Phi) is 3.78. The fourth-order valence-corrected chi connectivity index (χ4v) is 2.77. The molecule has 0 saturated carbocycles. The Morgan fingerprint density at radius 1 is 1.40 bits per heavy atom. The number of nitrogens with one attached hydrogen (secondary N) is 1. The summed E-state index contributed by atoms with van der Waals surface area (Å²) in [7, 11) is -3.94. The van der Waals surface area contributed by atoms with Gasteiger partial charge < -0.3 is 5.73 Å². The van der Waals surface area contributed by atoms with Gasteiger partial charge in [0.05, 0.1) is 10.6 Å². The van der Waals surface area contributed by atoms with Gasteiger partial charge in [0.25, 0.3) is 10.0 Å². The minimum atomic E-state index is -3.94. The topological polar surface area (TPSA) is 98.0 Å². The van der Waals surface area contributed by atoms with E-state index in [0.717, 1.165) is 6.07 Å². The van der Waals surface area contributed by atoms with Gasteiger partial charge in [-0.05, 0) is 42.3 Å². The van der Waals surface area contributed by atoms with Crippen molar-refractivity contribution in [1.29, 1.82) is 0 Å². The zero-order valence-electron chi connectivity index (χ0n) is 10.3. The smallest absolute Gasteiger partial charge is 0.263 e. The SMILES string of the molecule is Cc1cc(S(=O)(=O)Nc2ccnc(Cl)n2)cc(N)c1F. The van der Waals surface area contributed by atoms with Crippen LogP contribution in [0.15, 0.2) is 29.3 Å². The minimum absolute atomic E-state index is 0.00514. The third kappa shape index (κ3) is 2.97. The molecule has 20 heavy (non-hydrogen) atoms. The van der Waals surface area contributed by atoms with Gasteiger partial charge in [-0.1, -0.05) is 0 Å². The Hall–Kier alpha value is -1.93. The molecule has 0 bridgehead atoms. The van der Waals surface area contributed by atoms with Crippen LogP contribution >= 0.6 is 11.6 Å². The molecule has 3 N–H and O–H groups in total. The molecule has 0 saturated heterocycles. The molecular formula is C11H10ClFN4O2S. The van der Waals surface area contributed by atoms with E-state index in [1.807, 2.05) is 0 Å². The van der Waals surface area contributed by atoms with Crippen LogP contribution < -0.4 is 10.5 Å². The molecule has 0 aliphatic carbocycles. The Bertz CT molecular complexity index is 744. The van der Waals surface area contributed by atoms with E-state index in [-0.39, 0.29) is 27.2 Å². The molecule has 0 fully saturated rings. The first-order valence-electron chi connectivity index (χ1n) is 5.36. The molecule has 0 aliphatic heterocycles. The number of anilines is 2. The highest BCUT2D eigenvalue weighted by Gasteiger charge is 2.18. The predicted molar refractivity (Wildman–Crippen MR) is 73.4 cm³/mol. The maximum atomic E-state index is 13.4. The number of sulfonamides is 1. The molecule has 0 amide bonds. The van der Waals surface area contributed by atoms with Gasteiger partial charge >= 0.3 is 0 Å². The van der Waals surface area contributed by atoms with E-state index in [9.17, 15) is 12.8 Å². The summed E-state index contributed by atoms with van der Waals surface area (Å²) in [6.45, 7) is 1.42. The van der Waals surface area contributed by atoms with E-state index in [2.05, 4.69) is 14.7 Å². The van der Waals surface area contributed by atoms with Crippen LogP contribution in [0.4, 0.5) is 15.9 Å². The van der Waals surface area contributed by atoms with Crippen molar-refractivity contribution in [3.8, 4) is 0 Å². The molecular weight excluding hydrogens is 307 g/mol. The molecule has 0 unspecified atom stereocenters. The third-order valence-corrected chi connectivity index (χ3v) is 3.95. The van der Waals surface area contributed by atoms with Gasteiger partial charge in [0.15, 0.2) is 0 Å². The van der Waals surface area contributed by atoms with Crippen LogP contribution in [-0.4, -0.2) is 18.4 Å². The molecule has 1 aromatic heterocycles. The lowest BCUT2D eigenvalue weighted by Crippen LogP contribution is -2.15. The zero-order chi connectivity index (χ0) is 14.9. The van der Waals surface area contributed by atoms with Crippen LogP contribution in [0.2, 0.25) is 5.28 Å². The molecule has 0 atom stereocenters. The number of hydrogen-bond donors (Lipinski definition) is 2. The van der Waals surface area contributed by atoms with Gasteiger partial charge in [-0.25, -0.2) is 17.8 Å². The lowest BCUT2D eigenvalue weighted by Gasteiger charge is -2.09. The summed E-state index contributed by atoms with van der Waals surface area (Å²) in [4.78, 5) is 7.17. The second kappa shape index (κ2) is 5.22. The number of hydrogen-bond acceptors (Lipinski definition) is 5. The molecule has 106 valence electrons. The number of nitrogen functional groups attached to an aromatic ring is 1. The fourth-order valence-electron chi connectivity index (χ4n) is 1.51. The highest BCUT2D eigenvalue weighted by molar-refractivity contribution is 7.92. The minimum Gasteiger partial charge on any atom is -0.396 e. The van der Waals surface area contributed by atoms with Crippen molar-refractivity contribution >= 4 is 33.1 Å². The van der Waals surface area contributed by atoms with Crippen molar-refractivity contribution in [2.24, 2.45) is 0 Å². The Morgan fingerprint density at radius 3 is 2.70 bits per heavy atom. The van der Waals surface area contributed by atoms with Crippen molar-refractivity contribution in [1.82, 2.24) is 9.97 Å². The van der Waals surface area contributed by atoms with Gasteiger partial charge in [0.2, 0.25) is 5.28 Å². The highest BCUT2D eigenvalue weighted by Crippen LogP contribution is 2.22. The number of aromatic nitrogens is 2. The molecule has 6 nitrogen and oxygen atoms in total. The first-order valence-corrected chi connectivity index (χ1v) is 7.23. The largest absolute Gasteiger partial charge is 0.396 e. The van der Waals surface area contributed by atoms with E-state index < -0.39 is 15.8 Å². The molecule has 2 rings (SSSR count). The van der Waals surface area contributed by atoms with Crippen LogP contribution in [0.25, 0.3) is 0 Å². The van der Waals surface area contributed by atoms with Gasteiger partial charge in [0.1, 0.15) is 11.6 Å². The van der Waals surface area contributed by atoms with Crippen molar-refractivity contribution in [3.05, 3.63) is 41.1 Å². The van der Waals surface area contributed by atoms with Crippen LogP contribution in [0.3, 0.4) is 0 Å². The first kappa shape index (κ1) is 14.5. The first-order chi connectivity index (χ1) is 9.29. The number of aryl methyl sites for hydroxylation is 1. The van der Waals surface area contributed by atoms with E-state index >= 15 is 0 Å². The van der Waals surface area contributed by atoms with E-state index in [1.165, 1.54) is 25.3 Å². The maximum absolute atomic E-state index is 13.4. The second-order valence-electron chi connectivity index (χ2n) is 3.96. The highest BCUT2D eigenvalue weighted by atomic mass is 35.5. The Morgan fingerprint density at radius 2 is 2.10 bits per heavy atom. The van der Waals surface area contributed by atoms with E-state index in [4.69, 9.17) is 17.3 Å².